The van der Waals surface area contributed by atoms with Crippen molar-refractivity contribution in [2.45, 2.75) is 13.3 Å². The Balaban J connectivity index is 2.02. The Morgan fingerprint density at radius 2 is 1.78 bits per heavy atom. The predicted octanol–water partition coefficient (Wildman–Crippen LogP) is 3.97. The van der Waals surface area contributed by atoms with Crippen LogP contribution < -0.4 is 10.2 Å². The van der Waals surface area contributed by atoms with Crippen molar-refractivity contribution in [2.75, 3.05) is 16.8 Å². The van der Waals surface area contributed by atoms with Gasteiger partial charge in [-0.15, -0.1) is 0 Å². The molecule has 0 atom stereocenters. The fraction of sp³-hybridized carbons (Fsp3) is 0.176. The average molecular weight is 379 g/mol. The molecule has 0 aliphatic heterocycles. The molecule has 0 aliphatic rings. The van der Waals surface area contributed by atoms with E-state index >= 15 is 0 Å². The van der Waals surface area contributed by atoms with Gasteiger partial charge < -0.3 is 10.2 Å². The van der Waals surface area contributed by atoms with Gasteiger partial charge in [-0.05, 0) is 40.2 Å². The van der Waals surface area contributed by atoms with E-state index in [-0.39, 0.29) is 30.5 Å². The molecule has 2 aromatic rings. The number of nitrogens with one attached hydrogen (secondary N) is 1. The smallest absolute Gasteiger partial charge is 0.226 e. The maximum absolute atomic E-state index is 13.8. The van der Waals surface area contributed by atoms with Crippen LogP contribution in [0.1, 0.15) is 13.3 Å². The van der Waals surface area contributed by atoms with E-state index in [1.165, 1.54) is 24.0 Å². The van der Waals surface area contributed by atoms with Crippen molar-refractivity contribution in [3.8, 4) is 0 Å². The number of para-hydroxylation sites is 2. The first-order chi connectivity index (χ1) is 11.0. The third kappa shape index (κ3) is 4.63. The zero-order chi connectivity index (χ0) is 16.8. The van der Waals surface area contributed by atoms with Crippen LogP contribution in [0.3, 0.4) is 0 Å². The summed E-state index contributed by atoms with van der Waals surface area (Å²) in [5.41, 5.74) is 0.825. The Kier molecular flexibility index (Phi) is 5.87. The highest BCUT2D eigenvalue weighted by atomic mass is 79.9. The van der Waals surface area contributed by atoms with E-state index in [1.807, 2.05) is 18.2 Å². The van der Waals surface area contributed by atoms with E-state index in [0.717, 1.165) is 4.47 Å². The number of amides is 2. The molecule has 23 heavy (non-hydrogen) atoms. The van der Waals surface area contributed by atoms with Gasteiger partial charge in [0.05, 0.1) is 11.4 Å². The summed E-state index contributed by atoms with van der Waals surface area (Å²) in [5, 5.41) is 2.75. The molecule has 2 aromatic carbocycles. The Hall–Kier alpha value is -2.21. The lowest BCUT2D eigenvalue weighted by Crippen LogP contribution is -2.32. The van der Waals surface area contributed by atoms with Gasteiger partial charge in [-0.3, -0.25) is 9.59 Å². The minimum atomic E-state index is -0.492. The number of hydrogen-bond acceptors (Lipinski definition) is 2. The molecule has 120 valence electrons. The Morgan fingerprint density at radius 3 is 2.43 bits per heavy atom. The molecule has 0 aromatic heterocycles. The summed E-state index contributed by atoms with van der Waals surface area (Å²) in [6, 6.07) is 13.2. The third-order valence-electron chi connectivity index (χ3n) is 3.23. The molecule has 0 radical (unpaired) electrons. The van der Waals surface area contributed by atoms with Crippen LogP contribution in [0.2, 0.25) is 0 Å². The van der Waals surface area contributed by atoms with Crippen LogP contribution >= 0.6 is 15.9 Å². The lowest BCUT2D eigenvalue weighted by Gasteiger charge is -2.21. The topological polar surface area (TPSA) is 49.4 Å². The minimum Gasteiger partial charge on any atom is -0.325 e. The van der Waals surface area contributed by atoms with Gasteiger partial charge in [0.2, 0.25) is 11.8 Å². The molecule has 0 saturated carbocycles. The second-order valence-corrected chi connectivity index (χ2v) is 5.75. The van der Waals surface area contributed by atoms with Gasteiger partial charge in [-0.2, -0.15) is 0 Å². The Labute approximate surface area is 142 Å². The van der Waals surface area contributed by atoms with E-state index in [9.17, 15) is 14.0 Å². The molecule has 0 fully saturated rings. The normalized spacial score (nSPS) is 10.2. The summed E-state index contributed by atoms with van der Waals surface area (Å²) < 4.78 is 14.6. The molecule has 0 spiro atoms. The Bertz CT molecular complexity index is 721. The number of rotatable bonds is 5. The number of carbonyl (C=O) groups excluding carboxylic acids is 2. The molecule has 0 aliphatic carbocycles. The number of hydrogen-bond donors (Lipinski definition) is 1. The Morgan fingerprint density at radius 1 is 1.13 bits per heavy atom. The zero-order valence-corrected chi connectivity index (χ0v) is 14.1. The average Bonchev–Trinajstić information content (AvgIpc) is 2.51. The molecule has 1 N–H and O–H groups in total. The van der Waals surface area contributed by atoms with Crippen molar-refractivity contribution in [3.05, 3.63) is 58.8 Å². The van der Waals surface area contributed by atoms with Crippen LogP contribution in [-0.4, -0.2) is 18.4 Å². The summed E-state index contributed by atoms with van der Waals surface area (Å²) in [7, 11) is 0. The van der Waals surface area contributed by atoms with Gasteiger partial charge in [0.25, 0.3) is 0 Å². The van der Waals surface area contributed by atoms with Crippen molar-refractivity contribution >= 4 is 39.1 Å². The lowest BCUT2D eigenvalue weighted by molar-refractivity contribution is -0.117. The van der Waals surface area contributed by atoms with E-state index < -0.39 is 5.82 Å². The monoisotopic (exact) mass is 378 g/mol. The van der Waals surface area contributed by atoms with Crippen LogP contribution in [0.25, 0.3) is 0 Å². The van der Waals surface area contributed by atoms with E-state index in [0.29, 0.717) is 5.69 Å². The highest BCUT2D eigenvalue weighted by Crippen LogP contribution is 2.22. The van der Waals surface area contributed by atoms with Gasteiger partial charge in [-0.25, -0.2) is 4.39 Å². The highest BCUT2D eigenvalue weighted by molar-refractivity contribution is 9.10. The maximum Gasteiger partial charge on any atom is 0.226 e. The van der Waals surface area contributed by atoms with Gasteiger partial charge in [0.15, 0.2) is 0 Å². The van der Waals surface area contributed by atoms with Gasteiger partial charge in [-0.1, -0.05) is 24.3 Å². The third-order valence-corrected chi connectivity index (χ3v) is 3.93. The summed E-state index contributed by atoms with van der Waals surface area (Å²) in [6.07, 6.45) is 0.0647. The lowest BCUT2D eigenvalue weighted by atomic mass is 10.2. The van der Waals surface area contributed by atoms with Crippen LogP contribution in [0.15, 0.2) is 53.0 Å². The molecule has 2 amide bonds. The molecule has 0 unspecified atom stereocenters. The summed E-state index contributed by atoms with van der Waals surface area (Å²) >= 11 is 3.35. The minimum absolute atomic E-state index is 0.0647. The molecule has 4 nitrogen and oxygen atoms in total. The van der Waals surface area contributed by atoms with E-state index in [2.05, 4.69) is 21.2 Å². The van der Waals surface area contributed by atoms with Crippen molar-refractivity contribution in [3.63, 3.8) is 0 Å². The van der Waals surface area contributed by atoms with Crippen molar-refractivity contribution in [2.24, 2.45) is 0 Å². The summed E-state index contributed by atoms with van der Waals surface area (Å²) in [5.74, 6) is -1.06. The predicted molar refractivity (Wildman–Crippen MR) is 91.8 cm³/mol. The fourth-order valence-electron chi connectivity index (χ4n) is 2.11. The number of carbonyl (C=O) groups is 2. The SMILES string of the molecule is CC(=O)N(CCC(=O)Nc1ccccc1Br)c1ccccc1F. The molecular formula is C17H16BrFN2O2. The molecule has 2 rings (SSSR count). The maximum atomic E-state index is 13.8. The fourth-order valence-corrected chi connectivity index (χ4v) is 2.49. The van der Waals surface area contributed by atoms with Gasteiger partial charge >= 0.3 is 0 Å². The first-order valence-corrected chi connectivity index (χ1v) is 7.85. The number of benzene rings is 2. The zero-order valence-electron chi connectivity index (χ0n) is 12.6. The summed E-state index contributed by atoms with van der Waals surface area (Å²) in [6.45, 7) is 1.45. The molecule has 0 bridgehead atoms. The van der Waals surface area contributed by atoms with Crippen LogP contribution in [0, 0.1) is 5.82 Å². The summed E-state index contributed by atoms with van der Waals surface area (Å²) in [4.78, 5) is 25.0. The van der Waals surface area contributed by atoms with Crippen molar-refractivity contribution in [1.29, 1.82) is 0 Å². The molecule has 6 heteroatoms. The van der Waals surface area contributed by atoms with Crippen LogP contribution in [0.4, 0.5) is 15.8 Å². The van der Waals surface area contributed by atoms with E-state index in [4.69, 9.17) is 0 Å². The first-order valence-electron chi connectivity index (χ1n) is 7.06. The molecular weight excluding hydrogens is 363 g/mol. The number of nitrogens with zero attached hydrogens (tertiary/aromatic N) is 1. The molecule has 0 heterocycles. The van der Waals surface area contributed by atoms with Crippen molar-refractivity contribution in [1.82, 2.24) is 0 Å². The molecule has 0 saturated heterocycles. The highest BCUT2D eigenvalue weighted by Gasteiger charge is 2.16. The van der Waals surface area contributed by atoms with Crippen molar-refractivity contribution < 1.29 is 14.0 Å². The van der Waals surface area contributed by atoms with E-state index in [1.54, 1.807) is 18.2 Å². The quantitative estimate of drug-likeness (QED) is 0.855. The van der Waals surface area contributed by atoms with Gasteiger partial charge in [0, 0.05) is 24.4 Å². The van der Waals surface area contributed by atoms with Crippen LogP contribution in [-0.2, 0) is 9.59 Å². The standard InChI is InChI=1S/C17H16BrFN2O2/c1-12(22)21(16-9-5-3-7-14(16)19)11-10-17(23)20-15-8-4-2-6-13(15)18/h2-9H,10-11H2,1H3,(H,20,23). The first kappa shape index (κ1) is 17.1. The van der Waals surface area contributed by atoms with Crippen LogP contribution in [0.5, 0.6) is 0 Å². The number of anilines is 2. The second-order valence-electron chi connectivity index (χ2n) is 4.90. The van der Waals surface area contributed by atoms with Gasteiger partial charge in [0.1, 0.15) is 5.82 Å². The largest absolute Gasteiger partial charge is 0.325 e. The number of halogens is 2. The second kappa shape index (κ2) is 7.87.